The number of rotatable bonds is 9. The van der Waals surface area contributed by atoms with E-state index in [0.29, 0.717) is 5.41 Å². The first-order valence-electron chi connectivity index (χ1n) is 6.23. The van der Waals surface area contributed by atoms with Crippen molar-refractivity contribution in [2.24, 2.45) is 11.3 Å². The zero-order valence-corrected chi connectivity index (χ0v) is 11.2. The zero-order valence-electron chi connectivity index (χ0n) is 11.2. The Morgan fingerprint density at radius 1 is 1.27 bits per heavy atom. The molecule has 0 heterocycles. The number of ether oxygens (including phenoxy) is 1. The van der Waals surface area contributed by atoms with E-state index in [0.717, 1.165) is 32.0 Å². The third kappa shape index (κ3) is 7.80. The molecule has 15 heavy (non-hydrogen) atoms. The molecule has 1 unspecified atom stereocenters. The van der Waals surface area contributed by atoms with E-state index in [9.17, 15) is 0 Å². The van der Waals surface area contributed by atoms with E-state index in [1.165, 1.54) is 12.8 Å². The number of nitrogens with one attached hydrogen (secondary N) is 1. The molecule has 0 aliphatic rings. The number of methoxy groups -OCH3 is 1. The standard InChI is InChI=1S/C13H29NO/c1-6-7-13(4,8-9-15-5)11-14-10-12(2)3/h12,14H,6-11H2,1-5H3. The third-order valence-electron chi connectivity index (χ3n) is 2.87. The van der Waals surface area contributed by atoms with E-state index in [1.807, 2.05) is 0 Å². The molecule has 0 saturated heterocycles. The van der Waals surface area contributed by atoms with Crippen LogP contribution in [-0.2, 0) is 4.74 Å². The summed E-state index contributed by atoms with van der Waals surface area (Å²) in [6, 6.07) is 0. The second-order valence-corrected chi connectivity index (χ2v) is 5.33. The summed E-state index contributed by atoms with van der Waals surface area (Å²) in [5, 5.41) is 3.56. The molecule has 1 N–H and O–H groups in total. The van der Waals surface area contributed by atoms with Gasteiger partial charge in [-0.3, -0.25) is 0 Å². The Morgan fingerprint density at radius 2 is 1.93 bits per heavy atom. The molecule has 1 atom stereocenters. The molecule has 0 aromatic carbocycles. The SMILES string of the molecule is CCCC(C)(CCOC)CNCC(C)C. The molecule has 0 aromatic rings. The van der Waals surface area contributed by atoms with Gasteiger partial charge in [0.2, 0.25) is 0 Å². The van der Waals surface area contributed by atoms with Crippen molar-refractivity contribution in [3.8, 4) is 0 Å². The minimum absolute atomic E-state index is 0.402. The Bertz CT molecular complexity index is 147. The van der Waals surface area contributed by atoms with E-state index in [-0.39, 0.29) is 0 Å². The fourth-order valence-electron chi connectivity index (χ4n) is 1.92. The Hall–Kier alpha value is -0.0800. The van der Waals surface area contributed by atoms with Gasteiger partial charge < -0.3 is 10.1 Å². The Balaban J connectivity index is 3.89. The van der Waals surface area contributed by atoms with Gasteiger partial charge >= 0.3 is 0 Å². The fraction of sp³-hybridized carbons (Fsp3) is 1.00. The van der Waals surface area contributed by atoms with Crippen molar-refractivity contribution in [3.63, 3.8) is 0 Å². The van der Waals surface area contributed by atoms with Gasteiger partial charge in [0.1, 0.15) is 0 Å². The van der Waals surface area contributed by atoms with E-state index in [1.54, 1.807) is 7.11 Å². The van der Waals surface area contributed by atoms with E-state index in [2.05, 4.69) is 33.0 Å². The highest BCUT2D eigenvalue weighted by atomic mass is 16.5. The predicted octanol–water partition coefficient (Wildman–Crippen LogP) is 3.07. The second kappa shape index (κ2) is 8.12. The van der Waals surface area contributed by atoms with Crippen LogP contribution < -0.4 is 5.32 Å². The number of hydrogen-bond acceptors (Lipinski definition) is 2. The average Bonchev–Trinajstić information content (AvgIpc) is 2.15. The first kappa shape index (κ1) is 14.9. The minimum Gasteiger partial charge on any atom is -0.385 e. The highest BCUT2D eigenvalue weighted by Gasteiger charge is 2.22. The quantitative estimate of drug-likeness (QED) is 0.638. The molecule has 2 nitrogen and oxygen atoms in total. The van der Waals surface area contributed by atoms with Crippen LogP contribution in [0.15, 0.2) is 0 Å². The average molecular weight is 215 g/mol. The molecular weight excluding hydrogens is 186 g/mol. The van der Waals surface area contributed by atoms with Gasteiger partial charge in [-0.25, -0.2) is 0 Å². The van der Waals surface area contributed by atoms with Gasteiger partial charge in [-0.2, -0.15) is 0 Å². The molecule has 0 radical (unpaired) electrons. The molecule has 0 aromatic heterocycles. The predicted molar refractivity (Wildman–Crippen MR) is 67.2 cm³/mol. The van der Waals surface area contributed by atoms with Gasteiger partial charge in [0.15, 0.2) is 0 Å². The molecular formula is C13H29NO. The molecule has 0 spiro atoms. The molecule has 92 valence electrons. The summed E-state index contributed by atoms with van der Waals surface area (Å²) in [6.45, 7) is 12.2. The van der Waals surface area contributed by atoms with Crippen molar-refractivity contribution in [1.29, 1.82) is 0 Å². The molecule has 0 rings (SSSR count). The van der Waals surface area contributed by atoms with Crippen LogP contribution in [0.5, 0.6) is 0 Å². The normalized spacial score (nSPS) is 15.6. The van der Waals surface area contributed by atoms with Crippen LogP contribution in [0, 0.1) is 11.3 Å². The van der Waals surface area contributed by atoms with Crippen LogP contribution in [0.25, 0.3) is 0 Å². The molecule has 0 fully saturated rings. The molecule has 0 saturated carbocycles. The Morgan fingerprint density at radius 3 is 2.40 bits per heavy atom. The Labute approximate surface area is 95.8 Å². The van der Waals surface area contributed by atoms with Gasteiger partial charge in [-0.15, -0.1) is 0 Å². The first-order valence-corrected chi connectivity index (χ1v) is 6.23. The van der Waals surface area contributed by atoms with E-state index < -0.39 is 0 Å². The summed E-state index contributed by atoms with van der Waals surface area (Å²) in [5.41, 5.74) is 0.402. The molecule has 0 amide bonds. The summed E-state index contributed by atoms with van der Waals surface area (Å²) < 4.78 is 5.18. The van der Waals surface area contributed by atoms with Crippen LogP contribution in [0.3, 0.4) is 0 Å². The maximum atomic E-state index is 5.18. The molecule has 0 aliphatic heterocycles. The van der Waals surface area contributed by atoms with Crippen LogP contribution in [0.4, 0.5) is 0 Å². The molecule has 2 heteroatoms. The summed E-state index contributed by atoms with van der Waals surface area (Å²) >= 11 is 0. The Kier molecular flexibility index (Phi) is 8.07. The van der Waals surface area contributed by atoms with Gasteiger partial charge in [0, 0.05) is 20.3 Å². The fourth-order valence-corrected chi connectivity index (χ4v) is 1.92. The van der Waals surface area contributed by atoms with Crippen molar-refractivity contribution in [1.82, 2.24) is 5.32 Å². The monoisotopic (exact) mass is 215 g/mol. The largest absolute Gasteiger partial charge is 0.385 e. The second-order valence-electron chi connectivity index (χ2n) is 5.33. The number of hydrogen-bond donors (Lipinski definition) is 1. The van der Waals surface area contributed by atoms with Gasteiger partial charge in [0.05, 0.1) is 0 Å². The van der Waals surface area contributed by atoms with Crippen LogP contribution >= 0.6 is 0 Å². The molecule has 0 aliphatic carbocycles. The van der Waals surface area contributed by atoms with Crippen LogP contribution in [0.2, 0.25) is 0 Å². The summed E-state index contributed by atoms with van der Waals surface area (Å²) in [7, 11) is 1.79. The van der Waals surface area contributed by atoms with Crippen molar-refractivity contribution in [3.05, 3.63) is 0 Å². The summed E-state index contributed by atoms with van der Waals surface area (Å²) in [5.74, 6) is 0.735. The zero-order chi connectivity index (χ0) is 11.7. The lowest BCUT2D eigenvalue weighted by molar-refractivity contribution is 0.135. The first-order chi connectivity index (χ1) is 7.04. The van der Waals surface area contributed by atoms with Crippen LogP contribution in [-0.4, -0.2) is 26.8 Å². The maximum absolute atomic E-state index is 5.18. The molecule has 0 bridgehead atoms. The summed E-state index contributed by atoms with van der Waals surface area (Å²) in [6.07, 6.45) is 3.69. The lowest BCUT2D eigenvalue weighted by Crippen LogP contribution is -2.34. The van der Waals surface area contributed by atoms with Crippen molar-refractivity contribution < 1.29 is 4.74 Å². The minimum atomic E-state index is 0.402. The summed E-state index contributed by atoms with van der Waals surface area (Å²) in [4.78, 5) is 0. The maximum Gasteiger partial charge on any atom is 0.0467 e. The van der Waals surface area contributed by atoms with Gasteiger partial charge in [0.25, 0.3) is 0 Å². The highest BCUT2D eigenvalue weighted by Crippen LogP contribution is 2.26. The van der Waals surface area contributed by atoms with E-state index >= 15 is 0 Å². The smallest absolute Gasteiger partial charge is 0.0467 e. The third-order valence-corrected chi connectivity index (χ3v) is 2.87. The van der Waals surface area contributed by atoms with Crippen LogP contribution in [0.1, 0.15) is 47.0 Å². The lowest BCUT2D eigenvalue weighted by atomic mass is 9.82. The van der Waals surface area contributed by atoms with Crippen molar-refractivity contribution in [2.45, 2.75) is 47.0 Å². The van der Waals surface area contributed by atoms with Gasteiger partial charge in [-0.05, 0) is 30.7 Å². The highest BCUT2D eigenvalue weighted by molar-refractivity contribution is 4.76. The lowest BCUT2D eigenvalue weighted by Gasteiger charge is -2.30. The van der Waals surface area contributed by atoms with Crippen molar-refractivity contribution in [2.75, 3.05) is 26.8 Å². The topological polar surface area (TPSA) is 21.3 Å². The van der Waals surface area contributed by atoms with Gasteiger partial charge in [-0.1, -0.05) is 34.1 Å². The van der Waals surface area contributed by atoms with E-state index in [4.69, 9.17) is 4.74 Å². The van der Waals surface area contributed by atoms with Crippen molar-refractivity contribution >= 4 is 0 Å².